The lowest BCUT2D eigenvalue weighted by molar-refractivity contribution is -0.138. The minimum atomic E-state index is 0.0869. The van der Waals surface area contributed by atoms with E-state index >= 15 is 0 Å². The minimum Gasteiger partial charge on any atom is -0.339 e. The summed E-state index contributed by atoms with van der Waals surface area (Å²) in [6.07, 6.45) is 4.75. The molecule has 5 heteroatoms. The topological polar surface area (TPSA) is 53.5 Å². The van der Waals surface area contributed by atoms with Crippen molar-refractivity contribution in [2.45, 2.75) is 19.8 Å². The van der Waals surface area contributed by atoms with E-state index in [1.165, 1.54) is 0 Å². The number of aryl methyl sites for hydroxylation is 1. The van der Waals surface area contributed by atoms with E-state index in [1.807, 2.05) is 17.0 Å². The van der Waals surface area contributed by atoms with Gasteiger partial charge in [-0.3, -0.25) is 14.6 Å². The van der Waals surface area contributed by atoms with Crippen molar-refractivity contribution in [2.75, 3.05) is 26.2 Å². The van der Waals surface area contributed by atoms with Crippen LogP contribution in [-0.2, 0) is 16.0 Å². The molecule has 1 aromatic heterocycles. The van der Waals surface area contributed by atoms with E-state index < -0.39 is 0 Å². The molecule has 5 nitrogen and oxygen atoms in total. The molecule has 2 rings (SSSR count). The quantitative estimate of drug-likeness (QED) is 0.805. The van der Waals surface area contributed by atoms with Crippen LogP contribution in [0.3, 0.4) is 0 Å². The molecular weight excluding hydrogens is 242 g/mol. The largest absolute Gasteiger partial charge is 0.339 e. The molecule has 1 aliphatic heterocycles. The normalized spacial score (nSPS) is 15.4. The van der Waals surface area contributed by atoms with Gasteiger partial charge in [0.05, 0.1) is 0 Å². The van der Waals surface area contributed by atoms with Crippen LogP contribution >= 0.6 is 0 Å². The summed E-state index contributed by atoms with van der Waals surface area (Å²) in [5.41, 5.74) is 1.13. The van der Waals surface area contributed by atoms with Crippen molar-refractivity contribution < 1.29 is 9.59 Å². The Labute approximate surface area is 113 Å². The summed E-state index contributed by atoms with van der Waals surface area (Å²) in [6.45, 7) is 4.16. The first-order valence-corrected chi connectivity index (χ1v) is 6.59. The fourth-order valence-corrected chi connectivity index (χ4v) is 2.23. The number of carbonyl (C=O) groups is 2. The maximum atomic E-state index is 12.1. The molecule has 1 aromatic rings. The number of hydrogen-bond acceptors (Lipinski definition) is 3. The number of hydrogen-bond donors (Lipinski definition) is 0. The van der Waals surface area contributed by atoms with E-state index in [0.717, 1.165) is 12.0 Å². The zero-order valence-corrected chi connectivity index (χ0v) is 11.2. The molecule has 0 spiro atoms. The maximum Gasteiger partial charge on any atom is 0.223 e. The summed E-state index contributed by atoms with van der Waals surface area (Å²) >= 11 is 0. The van der Waals surface area contributed by atoms with E-state index in [4.69, 9.17) is 0 Å². The highest BCUT2D eigenvalue weighted by molar-refractivity contribution is 5.77. The van der Waals surface area contributed by atoms with E-state index in [9.17, 15) is 9.59 Å². The van der Waals surface area contributed by atoms with Crippen molar-refractivity contribution in [1.82, 2.24) is 14.8 Å². The molecule has 0 saturated carbocycles. The van der Waals surface area contributed by atoms with Gasteiger partial charge in [0.1, 0.15) is 0 Å². The monoisotopic (exact) mass is 261 g/mol. The Morgan fingerprint density at radius 1 is 1.11 bits per heavy atom. The molecule has 0 aromatic carbocycles. The second-order valence-corrected chi connectivity index (χ2v) is 4.74. The predicted molar refractivity (Wildman–Crippen MR) is 71.4 cm³/mol. The number of rotatable bonds is 3. The van der Waals surface area contributed by atoms with E-state index in [2.05, 4.69) is 4.98 Å². The summed E-state index contributed by atoms with van der Waals surface area (Å²) in [6, 6.07) is 3.86. The van der Waals surface area contributed by atoms with Crippen LogP contribution in [0.2, 0.25) is 0 Å². The van der Waals surface area contributed by atoms with Crippen molar-refractivity contribution in [3.05, 3.63) is 30.1 Å². The third-order valence-corrected chi connectivity index (χ3v) is 3.45. The van der Waals surface area contributed by atoms with Gasteiger partial charge in [0.15, 0.2) is 0 Å². The first kappa shape index (κ1) is 13.5. The average Bonchev–Trinajstić information content (AvgIpc) is 2.46. The zero-order chi connectivity index (χ0) is 13.7. The molecule has 0 unspecified atom stereocenters. The van der Waals surface area contributed by atoms with E-state index in [1.54, 1.807) is 24.2 Å². The SMILES string of the molecule is CC(=O)N1CCN(C(=O)CCc2ccncc2)CC1. The Morgan fingerprint density at radius 3 is 2.26 bits per heavy atom. The van der Waals surface area contributed by atoms with E-state index in [-0.39, 0.29) is 11.8 Å². The number of aromatic nitrogens is 1. The molecule has 0 atom stereocenters. The zero-order valence-electron chi connectivity index (χ0n) is 11.2. The Morgan fingerprint density at radius 2 is 1.68 bits per heavy atom. The first-order chi connectivity index (χ1) is 9.16. The minimum absolute atomic E-state index is 0.0869. The molecular formula is C14H19N3O2. The van der Waals surface area contributed by atoms with Crippen molar-refractivity contribution in [1.29, 1.82) is 0 Å². The molecule has 2 heterocycles. The summed E-state index contributed by atoms with van der Waals surface area (Å²) < 4.78 is 0. The molecule has 1 fully saturated rings. The highest BCUT2D eigenvalue weighted by Gasteiger charge is 2.21. The van der Waals surface area contributed by atoms with Crippen molar-refractivity contribution in [3.63, 3.8) is 0 Å². The van der Waals surface area contributed by atoms with Gasteiger partial charge in [-0.15, -0.1) is 0 Å². The Balaban J connectivity index is 1.77. The van der Waals surface area contributed by atoms with Crippen molar-refractivity contribution in [3.8, 4) is 0 Å². The van der Waals surface area contributed by atoms with Crippen LogP contribution in [0.15, 0.2) is 24.5 Å². The molecule has 0 N–H and O–H groups in total. The second kappa shape index (κ2) is 6.31. The average molecular weight is 261 g/mol. The molecule has 102 valence electrons. The van der Waals surface area contributed by atoms with E-state index in [0.29, 0.717) is 32.6 Å². The molecule has 2 amide bonds. The summed E-state index contributed by atoms with van der Waals surface area (Å²) in [5.74, 6) is 0.254. The van der Waals surface area contributed by atoms with Crippen molar-refractivity contribution in [2.24, 2.45) is 0 Å². The van der Waals surface area contributed by atoms with Gasteiger partial charge in [0, 0.05) is 51.9 Å². The Kier molecular flexibility index (Phi) is 4.49. The van der Waals surface area contributed by atoms with Gasteiger partial charge >= 0.3 is 0 Å². The summed E-state index contributed by atoms with van der Waals surface area (Å²) in [5, 5.41) is 0. The Hall–Kier alpha value is -1.91. The number of pyridine rings is 1. The lowest BCUT2D eigenvalue weighted by Crippen LogP contribution is -2.50. The van der Waals surface area contributed by atoms with Crippen LogP contribution in [0, 0.1) is 0 Å². The van der Waals surface area contributed by atoms with Crippen LogP contribution in [0.25, 0.3) is 0 Å². The van der Waals surface area contributed by atoms with Crippen LogP contribution in [0.1, 0.15) is 18.9 Å². The van der Waals surface area contributed by atoms with Gasteiger partial charge in [-0.1, -0.05) is 0 Å². The van der Waals surface area contributed by atoms with Gasteiger partial charge in [-0.2, -0.15) is 0 Å². The van der Waals surface area contributed by atoms with Crippen LogP contribution in [-0.4, -0.2) is 52.8 Å². The van der Waals surface area contributed by atoms with Gasteiger partial charge in [-0.25, -0.2) is 0 Å². The Bertz CT molecular complexity index is 439. The van der Waals surface area contributed by atoms with Crippen LogP contribution in [0.5, 0.6) is 0 Å². The second-order valence-electron chi connectivity index (χ2n) is 4.74. The third-order valence-electron chi connectivity index (χ3n) is 3.45. The third kappa shape index (κ3) is 3.77. The molecule has 19 heavy (non-hydrogen) atoms. The molecule has 1 saturated heterocycles. The van der Waals surface area contributed by atoms with Gasteiger partial charge in [0.25, 0.3) is 0 Å². The molecule has 0 bridgehead atoms. The van der Waals surface area contributed by atoms with Gasteiger partial charge < -0.3 is 9.80 Å². The summed E-state index contributed by atoms with van der Waals surface area (Å²) in [7, 11) is 0. The van der Waals surface area contributed by atoms with Crippen LogP contribution in [0.4, 0.5) is 0 Å². The number of nitrogens with zero attached hydrogens (tertiary/aromatic N) is 3. The van der Waals surface area contributed by atoms with Crippen LogP contribution < -0.4 is 0 Å². The van der Waals surface area contributed by atoms with Crippen molar-refractivity contribution >= 4 is 11.8 Å². The molecule has 0 radical (unpaired) electrons. The number of amides is 2. The number of carbonyl (C=O) groups excluding carboxylic acids is 2. The fourth-order valence-electron chi connectivity index (χ4n) is 2.23. The first-order valence-electron chi connectivity index (χ1n) is 6.59. The van der Waals surface area contributed by atoms with Gasteiger partial charge in [-0.05, 0) is 24.1 Å². The highest BCUT2D eigenvalue weighted by Crippen LogP contribution is 2.07. The lowest BCUT2D eigenvalue weighted by Gasteiger charge is -2.34. The number of piperazine rings is 1. The predicted octanol–water partition coefficient (Wildman–Crippen LogP) is 0.705. The van der Waals surface area contributed by atoms with Gasteiger partial charge in [0.2, 0.25) is 11.8 Å². The smallest absolute Gasteiger partial charge is 0.223 e. The maximum absolute atomic E-state index is 12.1. The lowest BCUT2D eigenvalue weighted by atomic mass is 10.1. The molecule has 1 aliphatic rings. The molecule has 0 aliphatic carbocycles. The fraction of sp³-hybridized carbons (Fsp3) is 0.500. The highest BCUT2D eigenvalue weighted by atomic mass is 16.2. The standard InChI is InChI=1S/C14H19N3O2/c1-12(18)16-8-10-17(11-9-16)14(19)3-2-13-4-6-15-7-5-13/h4-7H,2-3,8-11H2,1H3. The summed E-state index contributed by atoms with van der Waals surface area (Å²) in [4.78, 5) is 30.8.